The van der Waals surface area contributed by atoms with Gasteiger partial charge in [0.1, 0.15) is 17.9 Å². The molecule has 0 aliphatic heterocycles. The van der Waals surface area contributed by atoms with E-state index in [1.165, 1.54) is 6.07 Å². The van der Waals surface area contributed by atoms with Crippen molar-refractivity contribution in [2.24, 2.45) is 0 Å². The van der Waals surface area contributed by atoms with Crippen molar-refractivity contribution in [3.05, 3.63) is 65.9 Å². The third-order valence-corrected chi connectivity index (χ3v) is 5.92. The minimum absolute atomic E-state index is 0.0180. The quantitative estimate of drug-likeness (QED) is 0.464. The molecule has 0 spiro atoms. The van der Waals surface area contributed by atoms with Gasteiger partial charge in [-0.05, 0) is 43.7 Å². The predicted molar refractivity (Wildman–Crippen MR) is 121 cm³/mol. The molecular formula is C23H26N2O5S. The van der Waals surface area contributed by atoms with E-state index in [2.05, 4.69) is 9.71 Å². The SMILES string of the molecule is CCCCS(=O)(=O)Nc1ccc(OCc2ccc3ccccc3n2)c(C(=O)OCC)c1. The maximum absolute atomic E-state index is 12.4. The zero-order chi connectivity index (χ0) is 22.3. The number of fused-ring (bicyclic) bond motifs is 1. The van der Waals surface area contributed by atoms with Crippen LogP contribution in [0, 0.1) is 0 Å². The first-order valence-corrected chi connectivity index (χ1v) is 11.9. The number of carbonyl (C=O) groups is 1. The van der Waals surface area contributed by atoms with Gasteiger partial charge in [-0.2, -0.15) is 0 Å². The Morgan fingerprint density at radius 3 is 2.65 bits per heavy atom. The number of sulfonamides is 1. The monoisotopic (exact) mass is 442 g/mol. The second-order valence-corrected chi connectivity index (χ2v) is 8.83. The highest BCUT2D eigenvalue weighted by Gasteiger charge is 2.17. The van der Waals surface area contributed by atoms with E-state index in [9.17, 15) is 13.2 Å². The normalized spacial score (nSPS) is 11.3. The van der Waals surface area contributed by atoms with Gasteiger partial charge in [0.15, 0.2) is 0 Å². The Morgan fingerprint density at radius 2 is 1.87 bits per heavy atom. The smallest absolute Gasteiger partial charge is 0.341 e. The zero-order valence-corrected chi connectivity index (χ0v) is 18.4. The summed E-state index contributed by atoms with van der Waals surface area (Å²) < 4.78 is 37.9. The third kappa shape index (κ3) is 6.18. The van der Waals surface area contributed by atoms with Gasteiger partial charge in [0.2, 0.25) is 10.0 Å². The first-order valence-electron chi connectivity index (χ1n) is 10.2. The van der Waals surface area contributed by atoms with Gasteiger partial charge in [-0.1, -0.05) is 37.6 Å². The highest BCUT2D eigenvalue weighted by atomic mass is 32.2. The molecule has 3 rings (SSSR count). The fourth-order valence-corrected chi connectivity index (χ4v) is 4.25. The number of hydrogen-bond acceptors (Lipinski definition) is 6. The fourth-order valence-electron chi connectivity index (χ4n) is 2.99. The molecule has 0 saturated heterocycles. The molecule has 2 aromatic carbocycles. The lowest BCUT2D eigenvalue weighted by Crippen LogP contribution is -2.17. The lowest BCUT2D eigenvalue weighted by atomic mass is 10.1. The van der Waals surface area contributed by atoms with Crippen LogP contribution >= 0.6 is 0 Å². The molecule has 3 aromatic rings. The van der Waals surface area contributed by atoms with Crippen molar-refractivity contribution in [2.75, 3.05) is 17.1 Å². The molecule has 0 saturated carbocycles. The molecule has 1 N–H and O–H groups in total. The molecule has 31 heavy (non-hydrogen) atoms. The van der Waals surface area contributed by atoms with Crippen LogP contribution in [-0.2, 0) is 21.4 Å². The highest BCUT2D eigenvalue weighted by Crippen LogP contribution is 2.26. The number of esters is 1. The van der Waals surface area contributed by atoms with E-state index in [4.69, 9.17) is 9.47 Å². The average Bonchev–Trinajstić information content (AvgIpc) is 2.76. The van der Waals surface area contributed by atoms with E-state index in [1.54, 1.807) is 19.1 Å². The maximum Gasteiger partial charge on any atom is 0.341 e. The zero-order valence-electron chi connectivity index (χ0n) is 17.6. The molecule has 1 heterocycles. The van der Waals surface area contributed by atoms with Crippen molar-refractivity contribution in [3.8, 4) is 5.75 Å². The van der Waals surface area contributed by atoms with E-state index in [-0.39, 0.29) is 30.2 Å². The molecule has 0 atom stereocenters. The van der Waals surface area contributed by atoms with Crippen molar-refractivity contribution in [1.29, 1.82) is 0 Å². The number of para-hydroxylation sites is 1. The standard InChI is InChI=1S/C23H26N2O5S/c1-3-5-14-31(27,28)25-18-12-13-22(20(15-18)23(26)29-4-2)30-16-19-11-10-17-8-6-7-9-21(17)24-19/h6-13,15,25H,3-5,14,16H2,1-2H3. The Morgan fingerprint density at radius 1 is 1.06 bits per heavy atom. The van der Waals surface area contributed by atoms with Crippen LogP contribution in [0.25, 0.3) is 10.9 Å². The number of anilines is 1. The summed E-state index contributed by atoms with van der Waals surface area (Å²) in [6.45, 7) is 3.97. The van der Waals surface area contributed by atoms with Gasteiger partial charge in [0, 0.05) is 11.1 Å². The van der Waals surface area contributed by atoms with Crippen LogP contribution in [0.2, 0.25) is 0 Å². The molecule has 0 aliphatic rings. The largest absolute Gasteiger partial charge is 0.486 e. The third-order valence-electron chi connectivity index (χ3n) is 4.55. The van der Waals surface area contributed by atoms with E-state index in [1.807, 2.05) is 43.3 Å². The van der Waals surface area contributed by atoms with Gasteiger partial charge in [0.25, 0.3) is 0 Å². The average molecular weight is 443 g/mol. The molecule has 0 amide bonds. The Hall–Kier alpha value is -3.13. The van der Waals surface area contributed by atoms with E-state index in [0.717, 1.165) is 17.3 Å². The topological polar surface area (TPSA) is 94.6 Å². The number of pyridine rings is 1. The molecule has 0 unspecified atom stereocenters. The molecule has 0 aliphatic carbocycles. The van der Waals surface area contributed by atoms with E-state index in [0.29, 0.717) is 17.9 Å². The fraction of sp³-hybridized carbons (Fsp3) is 0.304. The minimum atomic E-state index is -3.49. The van der Waals surface area contributed by atoms with Gasteiger partial charge >= 0.3 is 5.97 Å². The summed E-state index contributed by atoms with van der Waals surface area (Å²) in [5, 5.41) is 1.03. The van der Waals surface area contributed by atoms with Gasteiger partial charge in [-0.25, -0.2) is 18.2 Å². The van der Waals surface area contributed by atoms with E-state index >= 15 is 0 Å². The molecule has 0 radical (unpaired) electrons. The molecule has 0 fully saturated rings. The Kier molecular flexibility index (Phi) is 7.46. The van der Waals surface area contributed by atoms with E-state index < -0.39 is 16.0 Å². The van der Waals surface area contributed by atoms with Gasteiger partial charge in [-0.15, -0.1) is 0 Å². The summed E-state index contributed by atoms with van der Waals surface area (Å²) in [5.41, 5.74) is 2.00. The van der Waals surface area contributed by atoms with Crippen LogP contribution in [0.15, 0.2) is 54.6 Å². The Balaban J connectivity index is 1.81. The second-order valence-electron chi connectivity index (χ2n) is 6.99. The van der Waals surface area contributed by atoms with Crippen molar-refractivity contribution in [2.45, 2.75) is 33.3 Å². The lowest BCUT2D eigenvalue weighted by molar-refractivity contribution is 0.0521. The summed E-state index contributed by atoms with van der Waals surface area (Å²) in [4.78, 5) is 17.0. The predicted octanol–water partition coefficient (Wildman–Crippen LogP) is 4.53. The molecule has 164 valence electrons. The number of rotatable bonds is 10. The highest BCUT2D eigenvalue weighted by molar-refractivity contribution is 7.92. The van der Waals surface area contributed by atoms with Gasteiger partial charge < -0.3 is 9.47 Å². The number of carbonyl (C=O) groups excluding carboxylic acids is 1. The number of ether oxygens (including phenoxy) is 2. The number of benzene rings is 2. The van der Waals surface area contributed by atoms with Crippen LogP contribution in [0.1, 0.15) is 42.7 Å². The Labute approximate surface area is 182 Å². The van der Waals surface area contributed by atoms with Crippen LogP contribution in [0.5, 0.6) is 5.75 Å². The van der Waals surface area contributed by atoms with Crippen molar-refractivity contribution < 1.29 is 22.7 Å². The van der Waals surface area contributed by atoms with Crippen LogP contribution in [-0.4, -0.2) is 31.7 Å². The summed E-state index contributed by atoms with van der Waals surface area (Å²) in [7, 11) is -3.49. The molecule has 7 nitrogen and oxygen atoms in total. The summed E-state index contributed by atoms with van der Waals surface area (Å²) in [5.74, 6) is -0.270. The maximum atomic E-state index is 12.4. The lowest BCUT2D eigenvalue weighted by Gasteiger charge is -2.14. The van der Waals surface area contributed by atoms with Crippen LogP contribution in [0.4, 0.5) is 5.69 Å². The van der Waals surface area contributed by atoms with Crippen molar-refractivity contribution in [1.82, 2.24) is 4.98 Å². The first-order chi connectivity index (χ1) is 14.9. The molecule has 8 heteroatoms. The first kappa shape index (κ1) is 22.6. The van der Waals surface area contributed by atoms with Crippen molar-refractivity contribution >= 4 is 32.6 Å². The second kappa shape index (κ2) is 10.3. The van der Waals surface area contributed by atoms with Crippen molar-refractivity contribution in [3.63, 3.8) is 0 Å². The number of nitrogens with zero attached hydrogens (tertiary/aromatic N) is 1. The van der Waals surface area contributed by atoms with Gasteiger partial charge in [-0.3, -0.25) is 4.72 Å². The number of hydrogen-bond donors (Lipinski definition) is 1. The number of unbranched alkanes of at least 4 members (excludes halogenated alkanes) is 1. The molecule has 1 aromatic heterocycles. The van der Waals surface area contributed by atoms with Gasteiger partial charge in [0.05, 0.1) is 23.6 Å². The summed E-state index contributed by atoms with van der Waals surface area (Å²) >= 11 is 0. The Bertz CT molecular complexity index is 1160. The number of nitrogens with one attached hydrogen (secondary N) is 1. The molecule has 0 bridgehead atoms. The summed E-state index contributed by atoms with van der Waals surface area (Å²) in [6.07, 6.45) is 1.32. The van der Waals surface area contributed by atoms with Crippen LogP contribution in [0.3, 0.4) is 0 Å². The summed E-state index contributed by atoms with van der Waals surface area (Å²) in [6, 6.07) is 16.1. The molecular weight excluding hydrogens is 416 g/mol. The number of aromatic nitrogens is 1. The van der Waals surface area contributed by atoms with Crippen LogP contribution < -0.4 is 9.46 Å². The minimum Gasteiger partial charge on any atom is -0.486 e.